The molecule has 1 aliphatic heterocycles. The summed E-state index contributed by atoms with van der Waals surface area (Å²) in [5.41, 5.74) is 2.32. The maximum absolute atomic E-state index is 12.5. The third-order valence-electron chi connectivity index (χ3n) is 3.43. The molecule has 3 rings (SSSR count). The average Bonchev–Trinajstić information content (AvgIpc) is 2.75. The summed E-state index contributed by atoms with van der Waals surface area (Å²) < 4.78 is 27.5. The van der Waals surface area contributed by atoms with Crippen LogP contribution in [0.15, 0.2) is 41.3 Å². The normalized spacial score (nSPS) is 17.0. The van der Waals surface area contributed by atoms with Gasteiger partial charge in [-0.2, -0.15) is 0 Å². The van der Waals surface area contributed by atoms with E-state index in [1.165, 1.54) is 12.1 Å². The van der Waals surface area contributed by atoms with Crippen molar-refractivity contribution in [2.75, 3.05) is 10.0 Å². The van der Waals surface area contributed by atoms with Gasteiger partial charge in [0, 0.05) is 21.8 Å². The maximum atomic E-state index is 12.5. The lowest BCUT2D eigenvalue weighted by atomic mass is 10.1. The summed E-state index contributed by atoms with van der Waals surface area (Å²) >= 11 is 11.8. The molecule has 0 fully saturated rings. The Bertz CT molecular complexity index is 817. The summed E-state index contributed by atoms with van der Waals surface area (Å²) in [7, 11) is -3.68. The molecule has 0 saturated heterocycles. The van der Waals surface area contributed by atoms with Crippen LogP contribution in [0.5, 0.6) is 0 Å². The largest absolute Gasteiger partial charge is 0.382 e. The Balaban J connectivity index is 1.92. The molecule has 7 heteroatoms. The Hall–Kier alpha value is -1.43. The Kier molecular flexibility index (Phi) is 3.97. The van der Waals surface area contributed by atoms with Gasteiger partial charge < -0.3 is 5.32 Å². The molecule has 0 aliphatic carbocycles. The van der Waals surface area contributed by atoms with Crippen LogP contribution in [0.4, 0.5) is 11.4 Å². The molecule has 0 spiro atoms. The lowest BCUT2D eigenvalue weighted by Gasteiger charge is -2.10. The highest BCUT2D eigenvalue weighted by Gasteiger charge is 2.21. The van der Waals surface area contributed by atoms with E-state index in [4.69, 9.17) is 23.2 Å². The van der Waals surface area contributed by atoms with Crippen molar-refractivity contribution in [3.63, 3.8) is 0 Å². The minimum atomic E-state index is -3.68. The van der Waals surface area contributed by atoms with E-state index in [1.807, 2.05) is 0 Å². The van der Waals surface area contributed by atoms with Gasteiger partial charge in [-0.1, -0.05) is 23.2 Å². The Labute approximate surface area is 139 Å². The predicted octanol–water partition coefficient (Wildman–Crippen LogP) is 4.15. The first-order chi connectivity index (χ1) is 10.3. The fourth-order valence-corrected chi connectivity index (χ4v) is 4.14. The van der Waals surface area contributed by atoms with Gasteiger partial charge in [0.25, 0.3) is 10.0 Å². The van der Waals surface area contributed by atoms with E-state index in [-0.39, 0.29) is 4.90 Å². The molecule has 2 N–H and O–H groups in total. The van der Waals surface area contributed by atoms with Crippen LogP contribution in [0.1, 0.15) is 12.5 Å². The van der Waals surface area contributed by atoms with Crippen LogP contribution in [-0.4, -0.2) is 14.5 Å². The quantitative estimate of drug-likeness (QED) is 0.868. The molecule has 116 valence electrons. The first-order valence-corrected chi connectivity index (χ1v) is 8.96. The maximum Gasteiger partial charge on any atom is 0.261 e. The van der Waals surface area contributed by atoms with Crippen LogP contribution < -0.4 is 10.0 Å². The first kappa shape index (κ1) is 15.5. The molecule has 0 unspecified atom stereocenters. The molecule has 0 radical (unpaired) electrons. The molecule has 1 atom stereocenters. The predicted molar refractivity (Wildman–Crippen MR) is 90.5 cm³/mol. The molecule has 2 aromatic carbocycles. The number of hydrogen-bond acceptors (Lipinski definition) is 3. The highest BCUT2D eigenvalue weighted by atomic mass is 35.5. The monoisotopic (exact) mass is 356 g/mol. The van der Waals surface area contributed by atoms with Crippen LogP contribution in [0.25, 0.3) is 0 Å². The van der Waals surface area contributed by atoms with Gasteiger partial charge in [-0.05, 0) is 55.3 Å². The highest BCUT2D eigenvalue weighted by Crippen LogP contribution is 2.29. The topological polar surface area (TPSA) is 58.2 Å². The summed E-state index contributed by atoms with van der Waals surface area (Å²) in [6.45, 7) is 2.06. The van der Waals surface area contributed by atoms with Gasteiger partial charge in [0.15, 0.2) is 0 Å². The third-order valence-corrected chi connectivity index (χ3v) is 5.25. The van der Waals surface area contributed by atoms with E-state index in [2.05, 4.69) is 17.0 Å². The number of hydrogen-bond donors (Lipinski definition) is 2. The molecule has 1 heterocycles. The standard InChI is InChI=1S/C15H14Cl2N2O2S/c1-9-4-10-5-14(2-3-15(10)18-9)22(20,21)19-13-7-11(16)6-12(17)8-13/h2-3,5-9,18-19H,4H2,1H3/t9-/m0/s1. The van der Waals surface area contributed by atoms with Crippen molar-refractivity contribution in [1.82, 2.24) is 0 Å². The van der Waals surface area contributed by atoms with Gasteiger partial charge in [-0.25, -0.2) is 8.42 Å². The van der Waals surface area contributed by atoms with E-state index in [1.54, 1.807) is 24.3 Å². The van der Waals surface area contributed by atoms with Gasteiger partial charge in [0.05, 0.1) is 10.6 Å². The van der Waals surface area contributed by atoms with Crippen LogP contribution in [-0.2, 0) is 16.4 Å². The Morgan fingerprint density at radius 2 is 1.82 bits per heavy atom. The van der Waals surface area contributed by atoms with Crippen LogP contribution in [0.3, 0.4) is 0 Å². The fraction of sp³-hybridized carbons (Fsp3) is 0.200. The first-order valence-electron chi connectivity index (χ1n) is 6.72. The van der Waals surface area contributed by atoms with Crippen molar-refractivity contribution >= 4 is 44.6 Å². The van der Waals surface area contributed by atoms with Crippen LogP contribution >= 0.6 is 23.2 Å². The van der Waals surface area contributed by atoms with Crippen molar-refractivity contribution < 1.29 is 8.42 Å². The van der Waals surface area contributed by atoms with Gasteiger partial charge in [-0.3, -0.25) is 4.72 Å². The average molecular weight is 357 g/mol. The molecule has 0 amide bonds. The number of halogens is 2. The molecular weight excluding hydrogens is 343 g/mol. The van der Waals surface area contributed by atoms with E-state index in [9.17, 15) is 8.42 Å². The van der Waals surface area contributed by atoms with Crippen LogP contribution in [0.2, 0.25) is 10.0 Å². The number of nitrogens with one attached hydrogen (secondary N) is 2. The summed E-state index contributed by atoms with van der Waals surface area (Å²) in [5, 5.41) is 4.04. The molecule has 4 nitrogen and oxygen atoms in total. The lowest BCUT2D eigenvalue weighted by Crippen LogP contribution is -2.13. The summed E-state index contributed by atoms with van der Waals surface area (Å²) in [6.07, 6.45) is 0.807. The minimum Gasteiger partial charge on any atom is -0.382 e. The highest BCUT2D eigenvalue weighted by molar-refractivity contribution is 7.92. The summed E-state index contributed by atoms with van der Waals surface area (Å²) in [4.78, 5) is 0.221. The van der Waals surface area contributed by atoms with E-state index < -0.39 is 10.0 Å². The number of rotatable bonds is 3. The Morgan fingerprint density at radius 3 is 2.50 bits per heavy atom. The molecule has 1 aliphatic rings. The lowest BCUT2D eigenvalue weighted by molar-refractivity contribution is 0.601. The number of benzene rings is 2. The van der Waals surface area contributed by atoms with Gasteiger partial charge in [0.2, 0.25) is 0 Å². The zero-order chi connectivity index (χ0) is 15.9. The second kappa shape index (κ2) is 5.65. The van der Waals surface area contributed by atoms with Gasteiger partial charge >= 0.3 is 0 Å². The van der Waals surface area contributed by atoms with E-state index >= 15 is 0 Å². The molecule has 0 saturated carbocycles. The molecule has 22 heavy (non-hydrogen) atoms. The summed E-state index contributed by atoms with van der Waals surface area (Å²) in [6, 6.07) is 9.96. The second-order valence-corrected chi connectivity index (χ2v) is 7.89. The number of sulfonamides is 1. The van der Waals surface area contributed by atoms with Crippen molar-refractivity contribution in [3.8, 4) is 0 Å². The number of fused-ring (bicyclic) bond motifs is 1. The zero-order valence-corrected chi connectivity index (χ0v) is 14.1. The van der Waals surface area contributed by atoms with E-state index in [0.717, 1.165) is 17.7 Å². The number of anilines is 2. The van der Waals surface area contributed by atoms with Gasteiger partial charge in [0.1, 0.15) is 0 Å². The zero-order valence-electron chi connectivity index (χ0n) is 11.7. The van der Waals surface area contributed by atoms with E-state index in [0.29, 0.717) is 21.8 Å². The Morgan fingerprint density at radius 1 is 1.14 bits per heavy atom. The molecule has 0 bridgehead atoms. The fourth-order valence-electron chi connectivity index (χ4n) is 2.52. The SMILES string of the molecule is C[C@H]1Cc2cc(S(=O)(=O)Nc3cc(Cl)cc(Cl)c3)ccc2N1. The third kappa shape index (κ3) is 3.16. The van der Waals surface area contributed by atoms with Crippen LogP contribution in [0, 0.1) is 0 Å². The van der Waals surface area contributed by atoms with Gasteiger partial charge in [-0.15, -0.1) is 0 Å². The van der Waals surface area contributed by atoms with Crippen molar-refractivity contribution in [1.29, 1.82) is 0 Å². The minimum absolute atomic E-state index is 0.221. The second-order valence-electron chi connectivity index (χ2n) is 5.33. The smallest absolute Gasteiger partial charge is 0.261 e. The molecule has 2 aromatic rings. The van der Waals surface area contributed by atoms with Crippen molar-refractivity contribution in [3.05, 3.63) is 52.0 Å². The van der Waals surface area contributed by atoms with Crippen molar-refractivity contribution in [2.24, 2.45) is 0 Å². The molecule has 0 aromatic heterocycles. The van der Waals surface area contributed by atoms with Crippen molar-refractivity contribution in [2.45, 2.75) is 24.3 Å². The summed E-state index contributed by atoms with van der Waals surface area (Å²) in [5.74, 6) is 0. The molecular formula is C15H14Cl2N2O2S.